The van der Waals surface area contributed by atoms with E-state index in [2.05, 4.69) is 15.7 Å². The zero-order valence-corrected chi connectivity index (χ0v) is 13.9. The van der Waals surface area contributed by atoms with E-state index in [1.54, 1.807) is 24.5 Å². The van der Waals surface area contributed by atoms with E-state index in [0.29, 0.717) is 17.3 Å². The third-order valence-electron chi connectivity index (χ3n) is 4.11. The minimum atomic E-state index is -0.418. The van der Waals surface area contributed by atoms with Gasteiger partial charge in [0.05, 0.1) is 6.20 Å². The second-order valence-electron chi connectivity index (χ2n) is 5.82. The van der Waals surface area contributed by atoms with Gasteiger partial charge in [0, 0.05) is 17.8 Å². The lowest BCUT2D eigenvalue weighted by Gasteiger charge is -2.31. The molecule has 2 N–H and O–H groups in total. The van der Waals surface area contributed by atoms with Gasteiger partial charge in [-0.2, -0.15) is 5.10 Å². The molecule has 1 fully saturated rings. The Hall–Kier alpha value is -1.92. The van der Waals surface area contributed by atoms with Crippen LogP contribution in [-0.4, -0.2) is 28.8 Å². The van der Waals surface area contributed by atoms with Gasteiger partial charge in [-0.3, -0.25) is 4.79 Å². The number of hydrogen-bond acceptors (Lipinski definition) is 3. The van der Waals surface area contributed by atoms with Gasteiger partial charge >= 0.3 is 0 Å². The predicted octanol–water partition coefficient (Wildman–Crippen LogP) is 2.54. The Morgan fingerprint density at radius 2 is 2.22 bits per heavy atom. The van der Waals surface area contributed by atoms with E-state index >= 15 is 0 Å². The van der Waals surface area contributed by atoms with Crippen molar-refractivity contribution < 1.29 is 9.18 Å². The summed E-state index contributed by atoms with van der Waals surface area (Å²) >= 11 is 0. The van der Waals surface area contributed by atoms with Gasteiger partial charge in [0.15, 0.2) is 5.82 Å². The lowest BCUT2D eigenvalue weighted by Crippen LogP contribution is -2.48. The van der Waals surface area contributed by atoms with E-state index in [0.717, 1.165) is 18.7 Å². The Bertz CT molecular complexity index is 699. The molecule has 0 spiro atoms. The summed E-state index contributed by atoms with van der Waals surface area (Å²) in [4.78, 5) is 12.1. The molecule has 1 unspecified atom stereocenters. The summed E-state index contributed by atoms with van der Waals surface area (Å²) in [5, 5.41) is 10.0. The summed E-state index contributed by atoms with van der Waals surface area (Å²) in [6.45, 7) is 5.52. The van der Waals surface area contributed by atoms with Crippen LogP contribution in [0.2, 0.25) is 0 Å². The van der Waals surface area contributed by atoms with Crippen LogP contribution in [0, 0.1) is 24.6 Å². The largest absolute Gasteiger partial charge is 0.326 e. The van der Waals surface area contributed by atoms with E-state index in [1.807, 2.05) is 13.8 Å². The standard InChI is InChI=1S/C16H19FN4O.ClH/c1-10-6-19-21(9-10)15-4-3-13(5-14(15)17)20-16(22)11(2)12-7-18-8-12;/h3-6,9,11-12,18H,7-8H2,1-2H3,(H,20,22);1H. The lowest BCUT2D eigenvalue weighted by molar-refractivity contribution is -0.121. The zero-order valence-electron chi connectivity index (χ0n) is 13.0. The number of nitrogens with zero attached hydrogens (tertiary/aromatic N) is 2. The number of rotatable bonds is 4. The monoisotopic (exact) mass is 338 g/mol. The average molecular weight is 339 g/mol. The number of aromatic nitrogens is 2. The van der Waals surface area contributed by atoms with Crippen LogP contribution in [0.25, 0.3) is 5.69 Å². The van der Waals surface area contributed by atoms with Crippen LogP contribution in [0.3, 0.4) is 0 Å². The van der Waals surface area contributed by atoms with Crippen LogP contribution in [0.1, 0.15) is 12.5 Å². The summed E-state index contributed by atoms with van der Waals surface area (Å²) < 4.78 is 15.7. The van der Waals surface area contributed by atoms with Crippen molar-refractivity contribution in [3.05, 3.63) is 42.0 Å². The summed E-state index contributed by atoms with van der Waals surface area (Å²) in [7, 11) is 0. The fraction of sp³-hybridized carbons (Fsp3) is 0.375. The van der Waals surface area contributed by atoms with Gasteiger partial charge in [-0.25, -0.2) is 9.07 Å². The first-order chi connectivity index (χ1) is 10.5. The van der Waals surface area contributed by atoms with Crippen LogP contribution in [0.4, 0.5) is 10.1 Å². The molecule has 1 aliphatic rings. The number of nitrogens with one attached hydrogen (secondary N) is 2. The maximum atomic E-state index is 14.2. The summed E-state index contributed by atoms with van der Waals surface area (Å²) in [6, 6.07) is 4.64. The van der Waals surface area contributed by atoms with Crippen LogP contribution < -0.4 is 10.6 Å². The number of benzene rings is 1. The molecule has 1 amide bonds. The first kappa shape index (κ1) is 17.4. The molecule has 1 atom stereocenters. The highest BCUT2D eigenvalue weighted by molar-refractivity contribution is 5.92. The minimum absolute atomic E-state index is 0. The molecule has 0 bridgehead atoms. The molecule has 2 aromatic rings. The number of anilines is 1. The second-order valence-corrected chi connectivity index (χ2v) is 5.82. The Kier molecular flexibility index (Phi) is 5.38. The fourth-order valence-corrected chi connectivity index (χ4v) is 2.45. The van der Waals surface area contributed by atoms with Crippen molar-refractivity contribution in [2.45, 2.75) is 13.8 Å². The van der Waals surface area contributed by atoms with E-state index in [9.17, 15) is 9.18 Å². The number of aryl methyl sites for hydroxylation is 1. The van der Waals surface area contributed by atoms with Gasteiger partial charge in [-0.15, -0.1) is 12.4 Å². The predicted molar refractivity (Wildman–Crippen MR) is 89.7 cm³/mol. The normalized spacial score (nSPS) is 15.4. The Labute approximate surface area is 140 Å². The van der Waals surface area contributed by atoms with Crippen LogP contribution in [-0.2, 0) is 4.79 Å². The molecular formula is C16H20ClFN4O. The quantitative estimate of drug-likeness (QED) is 0.900. The Morgan fingerprint density at radius 3 is 2.74 bits per heavy atom. The van der Waals surface area contributed by atoms with E-state index in [4.69, 9.17) is 0 Å². The molecule has 0 saturated carbocycles. The van der Waals surface area contributed by atoms with Crippen molar-refractivity contribution in [3.63, 3.8) is 0 Å². The van der Waals surface area contributed by atoms with E-state index in [-0.39, 0.29) is 24.2 Å². The topological polar surface area (TPSA) is 59.0 Å². The SMILES string of the molecule is Cc1cnn(-c2ccc(NC(=O)C(C)C3CNC3)cc2F)c1.Cl. The maximum absolute atomic E-state index is 14.2. The number of carbonyl (C=O) groups is 1. The van der Waals surface area contributed by atoms with Crippen LogP contribution in [0.5, 0.6) is 0 Å². The highest BCUT2D eigenvalue weighted by Crippen LogP contribution is 2.21. The molecule has 1 saturated heterocycles. The molecule has 3 rings (SSSR count). The molecule has 1 aromatic heterocycles. The molecule has 0 aliphatic carbocycles. The van der Waals surface area contributed by atoms with Gasteiger partial charge in [-0.05, 0) is 49.7 Å². The Morgan fingerprint density at radius 1 is 1.48 bits per heavy atom. The zero-order chi connectivity index (χ0) is 15.7. The maximum Gasteiger partial charge on any atom is 0.227 e. The summed E-state index contributed by atoms with van der Waals surface area (Å²) in [6.07, 6.45) is 3.42. The number of carbonyl (C=O) groups excluding carboxylic acids is 1. The third-order valence-corrected chi connectivity index (χ3v) is 4.11. The molecule has 23 heavy (non-hydrogen) atoms. The van der Waals surface area contributed by atoms with Crippen molar-refractivity contribution in [2.75, 3.05) is 18.4 Å². The minimum Gasteiger partial charge on any atom is -0.326 e. The van der Waals surface area contributed by atoms with Gasteiger partial charge in [0.25, 0.3) is 0 Å². The molecule has 2 heterocycles. The lowest BCUT2D eigenvalue weighted by atomic mass is 9.88. The summed E-state index contributed by atoms with van der Waals surface area (Å²) in [5.41, 5.74) is 1.79. The molecular weight excluding hydrogens is 319 g/mol. The van der Waals surface area contributed by atoms with Crippen molar-refractivity contribution in [1.29, 1.82) is 0 Å². The van der Waals surface area contributed by atoms with Crippen LogP contribution >= 0.6 is 12.4 Å². The Balaban J connectivity index is 0.00000192. The highest BCUT2D eigenvalue weighted by atomic mass is 35.5. The molecule has 124 valence electrons. The highest BCUT2D eigenvalue weighted by Gasteiger charge is 2.28. The van der Waals surface area contributed by atoms with E-state index in [1.165, 1.54) is 10.7 Å². The molecule has 7 heteroatoms. The van der Waals surface area contributed by atoms with Gasteiger partial charge < -0.3 is 10.6 Å². The number of hydrogen-bond donors (Lipinski definition) is 2. The molecule has 1 aliphatic heterocycles. The van der Waals surface area contributed by atoms with Crippen molar-refractivity contribution in [1.82, 2.24) is 15.1 Å². The smallest absolute Gasteiger partial charge is 0.227 e. The van der Waals surface area contributed by atoms with Gasteiger partial charge in [0.2, 0.25) is 5.91 Å². The molecule has 5 nitrogen and oxygen atoms in total. The van der Waals surface area contributed by atoms with E-state index < -0.39 is 5.82 Å². The number of amides is 1. The third kappa shape index (κ3) is 3.71. The van der Waals surface area contributed by atoms with Crippen molar-refractivity contribution in [2.24, 2.45) is 11.8 Å². The summed E-state index contributed by atoms with van der Waals surface area (Å²) in [5.74, 6) is -0.221. The average Bonchev–Trinajstić information content (AvgIpc) is 2.83. The molecule has 1 aromatic carbocycles. The van der Waals surface area contributed by atoms with Crippen LogP contribution in [0.15, 0.2) is 30.6 Å². The van der Waals surface area contributed by atoms with Crippen molar-refractivity contribution >= 4 is 24.0 Å². The van der Waals surface area contributed by atoms with Gasteiger partial charge in [0.1, 0.15) is 5.69 Å². The first-order valence-electron chi connectivity index (χ1n) is 7.37. The fourth-order valence-electron chi connectivity index (χ4n) is 2.45. The number of halogens is 2. The first-order valence-corrected chi connectivity index (χ1v) is 7.37. The molecule has 0 radical (unpaired) electrons. The van der Waals surface area contributed by atoms with Crippen molar-refractivity contribution in [3.8, 4) is 5.69 Å². The van der Waals surface area contributed by atoms with Gasteiger partial charge in [-0.1, -0.05) is 6.92 Å². The second kappa shape index (κ2) is 7.10.